The van der Waals surface area contributed by atoms with Gasteiger partial charge in [0.25, 0.3) is 5.95 Å². The molecule has 3 rings (SSSR count). The molecule has 0 radical (unpaired) electrons. The molecule has 1 aromatic carbocycles. The van der Waals surface area contributed by atoms with Crippen LogP contribution in [0.2, 0.25) is 5.02 Å². The number of pyridine rings is 1. The third-order valence-corrected chi connectivity index (χ3v) is 5.22. The van der Waals surface area contributed by atoms with Gasteiger partial charge in [-0.05, 0) is 24.3 Å². The number of hydrogen-bond acceptors (Lipinski definition) is 6. The number of benzene rings is 1. The van der Waals surface area contributed by atoms with Gasteiger partial charge in [0, 0.05) is 25.4 Å². The number of aromatic nitrogens is 3. The summed E-state index contributed by atoms with van der Waals surface area (Å²) < 4.78 is 25.8. The lowest BCUT2D eigenvalue weighted by molar-refractivity contribution is -0.117. The summed E-state index contributed by atoms with van der Waals surface area (Å²) in [5.74, 6) is -0.652. The second-order valence-electron chi connectivity index (χ2n) is 6.01. The van der Waals surface area contributed by atoms with Crippen LogP contribution in [0.4, 0.5) is 16.4 Å². The molecule has 12 heteroatoms. The van der Waals surface area contributed by atoms with Crippen LogP contribution in [0.25, 0.3) is 5.65 Å². The standard InChI is InChI=1S/C17H16ClN5O5S/c1-29(27,28)13-5-3-2-4-12(13)23(15(24)8-9-19-17(25)26)16-20-14-7-6-11(18)10-22(14)21-16/h2-7,10,19H,8-9H2,1H3,(H,25,26). The molecule has 0 bridgehead atoms. The van der Waals surface area contributed by atoms with Crippen molar-refractivity contribution >= 4 is 50.7 Å². The molecule has 2 amide bonds. The zero-order valence-electron chi connectivity index (χ0n) is 15.1. The Labute approximate surface area is 170 Å². The van der Waals surface area contributed by atoms with Crippen molar-refractivity contribution in [3.8, 4) is 0 Å². The summed E-state index contributed by atoms with van der Waals surface area (Å²) in [5, 5.41) is 15.4. The van der Waals surface area contributed by atoms with E-state index in [1.807, 2.05) is 0 Å². The molecular weight excluding hydrogens is 422 g/mol. The van der Waals surface area contributed by atoms with E-state index in [1.165, 1.54) is 28.9 Å². The van der Waals surface area contributed by atoms with Gasteiger partial charge in [0.2, 0.25) is 5.91 Å². The minimum absolute atomic E-state index is 0.0660. The quantitative estimate of drug-likeness (QED) is 0.603. The number of anilines is 2. The first-order chi connectivity index (χ1) is 13.7. The van der Waals surface area contributed by atoms with Gasteiger partial charge in [0.1, 0.15) is 0 Å². The van der Waals surface area contributed by atoms with Crippen LogP contribution in [0.5, 0.6) is 0 Å². The van der Waals surface area contributed by atoms with Gasteiger partial charge in [-0.3, -0.25) is 4.79 Å². The molecular formula is C17H16ClN5O5S. The van der Waals surface area contributed by atoms with Crippen LogP contribution < -0.4 is 10.2 Å². The third-order valence-electron chi connectivity index (χ3n) is 3.85. The van der Waals surface area contributed by atoms with Crippen molar-refractivity contribution in [3.05, 3.63) is 47.6 Å². The van der Waals surface area contributed by atoms with E-state index in [-0.39, 0.29) is 29.5 Å². The minimum atomic E-state index is -3.68. The fourth-order valence-corrected chi connectivity index (χ4v) is 3.66. The highest BCUT2D eigenvalue weighted by Crippen LogP contribution is 2.30. The highest BCUT2D eigenvalue weighted by Gasteiger charge is 2.27. The van der Waals surface area contributed by atoms with Crippen molar-refractivity contribution in [2.75, 3.05) is 17.7 Å². The van der Waals surface area contributed by atoms with E-state index in [0.29, 0.717) is 10.7 Å². The lowest BCUT2D eigenvalue weighted by atomic mass is 10.2. The van der Waals surface area contributed by atoms with Crippen LogP contribution in [-0.2, 0) is 14.6 Å². The number of nitrogens with one attached hydrogen (secondary N) is 1. The lowest BCUT2D eigenvalue weighted by Crippen LogP contribution is -2.32. The normalized spacial score (nSPS) is 11.4. The summed E-state index contributed by atoms with van der Waals surface area (Å²) in [4.78, 5) is 28.9. The molecule has 29 heavy (non-hydrogen) atoms. The Balaban J connectivity index is 2.12. The molecule has 2 N–H and O–H groups in total. The average Bonchev–Trinajstić information content (AvgIpc) is 3.03. The zero-order valence-corrected chi connectivity index (χ0v) is 16.7. The van der Waals surface area contributed by atoms with Crippen LogP contribution in [0.1, 0.15) is 6.42 Å². The Morgan fingerprint density at radius 3 is 2.66 bits per heavy atom. The summed E-state index contributed by atoms with van der Waals surface area (Å²) in [6.45, 7) is -0.162. The molecule has 0 aliphatic rings. The molecule has 152 valence electrons. The third kappa shape index (κ3) is 4.63. The first-order valence-corrected chi connectivity index (χ1v) is 10.5. The number of hydrogen-bond donors (Lipinski definition) is 2. The number of para-hydroxylation sites is 1. The van der Waals surface area contributed by atoms with Crippen LogP contribution in [0.15, 0.2) is 47.5 Å². The summed E-state index contributed by atoms with van der Waals surface area (Å²) in [5.41, 5.74) is 0.458. The van der Waals surface area contributed by atoms with Crippen LogP contribution in [0, 0.1) is 0 Å². The summed E-state index contributed by atoms with van der Waals surface area (Å²) in [6.07, 6.45) is 1.00. The van der Waals surface area contributed by atoms with Crippen molar-refractivity contribution in [3.63, 3.8) is 0 Å². The van der Waals surface area contributed by atoms with Crippen molar-refractivity contribution in [1.82, 2.24) is 19.9 Å². The molecule has 0 aliphatic heterocycles. The SMILES string of the molecule is CS(=O)(=O)c1ccccc1N(C(=O)CCNC(=O)O)c1nc2ccc(Cl)cn2n1. The van der Waals surface area contributed by atoms with E-state index < -0.39 is 21.8 Å². The number of amides is 2. The van der Waals surface area contributed by atoms with Crippen LogP contribution >= 0.6 is 11.6 Å². The Morgan fingerprint density at radius 2 is 1.97 bits per heavy atom. The van der Waals surface area contributed by atoms with Gasteiger partial charge >= 0.3 is 6.09 Å². The Kier molecular flexibility index (Phi) is 5.71. The highest BCUT2D eigenvalue weighted by molar-refractivity contribution is 7.90. The van der Waals surface area contributed by atoms with E-state index in [0.717, 1.165) is 11.2 Å². The number of nitrogens with zero attached hydrogens (tertiary/aromatic N) is 4. The number of fused-ring (bicyclic) bond motifs is 1. The molecule has 10 nitrogen and oxygen atoms in total. The van der Waals surface area contributed by atoms with E-state index in [9.17, 15) is 18.0 Å². The molecule has 0 spiro atoms. The summed E-state index contributed by atoms with van der Waals surface area (Å²) in [6, 6.07) is 9.13. The van der Waals surface area contributed by atoms with Crippen molar-refractivity contribution in [2.45, 2.75) is 11.3 Å². The first kappa shape index (κ1) is 20.6. The maximum absolute atomic E-state index is 12.9. The number of carboxylic acid groups (broad SMARTS) is 1. The zero-order chi connectivity index (χ0) is 21.2. The van der Waals surface area contributed by atoms with Crippen molar-refractivity contribution in [1.29, 1.82) is 0 Å². The lowest BCUT2D eigenvalue weighted by Gasteiger charge is -2.21. The Morgan fingerprint density at radius 1 is 1.24 bits per heavy atom. The van der Waals surface area contributed by atoms with Crippen LogP contribution in [0.3, 0.4) is 0 Å². The summed E-state index contributed by atoms with van der Waals surface area (Å²) in [7, 11) is -3.68. The largest absolute Gasteiger partial charge is 0.465 e. The van der Waals surface area contributed by atoms with Crippen molar-refractivity contribution in [2.24, 2.45) is 0 Å². The fraction of sp³-hybridized carbons (Fsp3) is 0.176. The smallest absolute Gasteiger partial charge is 0.404 e. The summed E-state index contributed by atoms with van der Waals surface area (Å²) >= 11 is 5.96. The van der Waals surface area contributed by atoms with E-state index in [2.05, 4.69) is 15.4 Å². The molecule has 0 fully saturated rings. The first-order valence-electron chi connectivity index (χ1n) is 8.27. The predicted octanol–water partition coefficient (Wildman–Crippen LogP) is 2.11. The van der Waals surface area contributed by atoms with Gasteiger partial charge in [-0.2, -0.15) is 4.98 Å². The second kappa shape index (κ2) is 8.05. The van der Waals surface area contributed by atoms with Gasteiger partial charge < -0.3 is 10.4 Å². The molecule has 0 atom stereocenters. The van der Waals surface area contributed by atoms with E-state index in [1.54, 1.807) is 18.2 Å². The number of carbonyl (C=O) groups excluding carboxylic acids is 1. The van der Waals surface area contributed by atoms with Crippen LogP contribution in [-0.4, -0.2) is 52.9 Å². The topological polar surface area (TPSA) is 134 Å². The molecule has 2 heterocycles. The highest BCUT2D eigenvalue weighted by atomic mass is 35.5. The molecule has 0 saturated heterocycles. The maximum Gasteiger partial charge on any atom is 0.404 e. The molecule has 0 aliphatic carbocycles. The molecule has 0 unspecified atom stereocenters. The molecule has 3 aromatic rings. The Bertz CT molecular complexity index is 1190. The number of sulfone groups is 1. The fourth-order valence-electron chi connectivity index (χ4n) is 2.64. The molecule has 0 saturated carbocycles. The predicted molar refractivity (Wildman–Crippen MR) is 105 cm³/mol. The van der Waals surface area contributed by atoms with Gasteiger partial charge in [-0.15, -0.1) is 5.10 Å². The minimum Gasteiger partial charge on any atom is -0.465 e. The van der Waals surface area contributed by atoms with Gasteiger partial charge in [-0.25, -0.2) is 22.6 Å². The maximum atomic E-state index is 12.9. The number of halogens is 1. The average molecular weight is 438 g/mol. The number of rotatable bonds is 6. The van der Waals surface area contributed by atoms with Gasteiger partial charge in [0.05, 0.1) is 15.6 Å². The second-order valence-corrected chi connectivity index (χ2v) is 8.43. The van der Waals surface area contributed by atoms with Gasteiger partial charge in [-0.1, -0.05) is 23.7 Å². The van der Waals surface area contributed by atoms with Crippen molar-refractivity contribution < 1.29 is 23.1 Å². The Hall–Kier alpha value is -3.18. The monoisotopic (exact) mass is 437 g/mol. The van der Waals surface area contributed by atoms with E-state index in [4.69, 9.17) is 16.7 Å². The molecule has 2 aromatic heterocycles. The van der Waals surface area contributed by atoms with Gasteiger partial charge in [0.15, 0.2) is 15.5 Å². The number of carbonyl (C=O) groups is 2. The van der Waals surface area contributed by atoms with E-state index >= 15 is 0 Å².